The third-order valence-corrected chi connectivity index (χ3v) is 7.16. The second-order valence-electron chi connectivity index (χ2n) is 9.27. The van der Waals surface area contributed by atoms with E-state index in [0.29, 0.717) is 63.5 Å². The van der Waals surface area contributed by atoms with E-state index < -0.39 is 23.5 Å². The van der Waals surface area contributed by atoms with Crippen molar-refractivity contribution in [1.29, 1.82) is 0 Å². The van der Waals surface area contributed by atoms with Gasteiger partial charge in [-0.3, -0.25) is 14.5 Å². The molecule has 6 nitrogen and oxygen atoms in total. The van der Waals surface area contributed by atoms with Crippen molar-refractivity contribution in [2.75, 3.05) is 49.5 Å². The van der Waals surface area contributed by atoms with E-state index in [-0.39, 0.29) is 23.3 Å². The van der Waals surface area contributed by atoms with E-state index in [0.717, 1.165) is 12.1 Å². The molecule has 1 saturated heterocycles. The number of likely N-dealkylation sites (N-methyl/N-ethyl adjacent to an activating group) is 1. The second kappa shape index (κ2) is 12.9. The molecule has 2 aromatic carbocycles. The Bertz CT molecular complexity index is 1080. The molecular weight excluding hydrogens is 481 g/mol. The minimum atomic E-state index is -0.893. The number of carbonyl (C=O) groups excluding carboxylic acids is 2. The Morgan fingerprint density at radius 3 is 2.08 bits per heavy atom. The summed E-state index contributed by atoms with van der Waals surface area (Å²) in [6, 6.07) is 7.05. The topological polar surface area (TPSA) is 55.9 Å². The minimum absolute atomic E-state index is 0.117. The van der Waals surface area contributed by atoms with Crippen LogP contribution >= 0.6 is 0 Å². The number of piperazine rings is 1. The van der Waals surface area contributed by atoms with Gasteiger partial charge in [0.25, 0.3) is 0 Å². The standard InChI is InChI=1S/C28H37F3N4O2/c1-5-19(6-2)27(36)32-21-10-12-25(24(31)18-21)34-13-15-35(16-14-34)26(28(37)33(7-3)8-4)22-11-9-20(29)17-23(22)30/h9-12,17-19,26H,5-8,13-16H2,1-4H3,(H,32,36). The lowest BCUT2D eigenvalue weighted by molar-refractivity contribution is -0.137. The van der Waals surface area contributed by atoms with Gasteiger partial charge in [-0.25, -0.2) is 13.2 Å². The van der Waals surface area contributed by atoms with E-state index in [2.05, 4.69) is 5.32 Å². The third kappa shape index (κ3) is 6.63. The second-order valence-corrected chi connectivity index (χ2v) is 9.27. The van der Waals surface area contributed by atoms with Crippen LogP contribution in [-0.2, 0) is 9.59 Å². The predicted octanol–water partition coefficient (Wildman–Crippen LogP) is 5.21. The van der Waals surface area contributed by atoms with Crippen LogP contribution < -0.4 is 10.2 Å². The summed E-state index contributed by atoms with van der Waals surface area (Å²) in [5, 5.41) is 2.79. The molecule has 2 aromatic rings. The van der Waals surface area contributed by atoms with E-state index >= 15 is 4.39 Å². The van der Waals surface area contributed by atoms with Gasteiger partial charge in [0.05, 0.1) is 5.69 Å². The summed E-state index contributed by atoms with van der Waals surface area (Å²) in [4.78, 5) is 31.1. The number of rotatable bonds is 10. The molecule has 0 radical (unpaired) electrons. The normalized spacial score (nSPS) is 15.1. The lowest BCUT2D eigenvalue weighted by Gasteiger charge is -2.41. The highest BCUT2D eigenvalue weighted by atomic mass is 19.1. The van der Waals surface area contributed by atoms with Crippen molar-refractivity contribution in [3.05, 3.63) is 59.4 Å². The van der Waals surface area contributed by atoms with Crippen LogP contribution in [0.5, 0.6) is 0 Å². The van der Waals surface area contributed by atoms with E-state index in [9.17, 15) is 18.4 Å². The van der Waals surface area contributed by atoms with Crippen LogP contribution in [0.25, 0.3) is 0 Å². The maximum Gasteiger partial charge on any atom is 0.244 e. The Morgan fingerprint density at radius 1 is 0.892 bits per heavy atom. The highest BCUT2D eigenvalue weighted by molar-refractivity contribution is 5.92. The van der Waals surface area contributed by atoms with Gasteiger partial charge < -0.3 is 15.1 Å². The fourth-order valence-electron chi connectivity index (χ4n) is 4.88. The first kappa shape index (κ1) is 28.5. The van der Waals surface area contributed by atoms with Crippen LogP contribution in [-0.4, -0.2) is 60.9 Å². The summed E-state index contributed by atoms with van der Waals surface area (Å²) in [7, 11) is 0. The zero-order chi connectivity index (χ0) is 27.1. The van der Waals surface area contributed by atoms with E-state index in [1.165, 1.54) is 12.1 Å². The van der Waals surface area contributed by atoms with Gasteiger partial charge in [-0.05, 0) is 51.0 Å². The Kier molecular flexibility index (Phi) is 9.97. The first-order valence-corrected chi connectivity index (χ1v) is 13.1. The van der Waals surface area contributed by atoms with Crippen molar-refractivity contribution in [3.63, 3.8) is 0 Å². The molecule has 1 aliphatic heterocycles. The van der Waals surface area contributed by atoms with Gasteiger partial charge in [0, 0.05) is 62.5 Å². The molecule has 9 heteroatoms. The number of hydrogen-bond donors (Lipinski definition) is 1. The van der Waals surface area contributed by atoms with Crippen molar-refractivity contribution in [1.82, 2.24) is 9.80 Å². The molecule has 1 aliphatic rings. The smallest absolute Gasteiger partial charge is 0.244 e. The van der Waals surface area contributed by atoms with Gasteiger partial charge >= 0.3 is 0 Å². The van der Waals surface area contributed by atoms with Gasteiger partial charge in [0.2, 0.25) is 11.8 Å². The fraction of sp³-hybridized carbons (Fsp3) is 0.500. The largest absolute Gasteiger partial charge is 0.367 e. The number of amides is 2. The predicted molar refractivity (Wildman–Crippen MR) is 140 cm³/mol. The minimum Gasteiger partial charge on any atom is -0.367 e. The highest BCUT2D eigenvalue weighted by Crippen LogP contribution is 2.30. The Labute approximate surface area is 217 Å². The molecule has 0 saturated carbocycles. The van der Waals surface area contributed by atoms with Crippen molar-refractivity contribution < 1.29 is 22.8 Å². The zero-order valence-corrected chi connectivity index (χ0v) is 22.1. The highest BCUT2D eigenvalue weighted by Gasteiger charge is 2.35. The van der Waals surface area contributed by atoms with E-state index in [4.69, 9.17) is 0 Å². The molecule has 0 spiro atoms. The first-order chi connectivity index (χ1) is 17.7. The van der Waals surface area contributed by atoms with Gasteiger partial charge in [-0.1, -0.05) is 19.9 Å². The van der Waals surface area contributed by atoms with Crippen molar-refractivity contribution in [2.45, 2.75) is 46.6 Å². The lowest BCUT2D eigenvalue weighted by Crippen LogP contribution is -2.52. The SMILES string of the molecule is CCC(CC)C(=O)Nc1ccc(N2CCN(C(C(=O)N(CC)CC)c3ccc(F)cc3F)CC2)c(F)c1. The number of nitrogens with zero attached hydrogens (tertiary/aromatic N) is 3. The molecule has 1 atom stereocenters. The fourth-order valence-corrected chi connectivity index (χ4v) is 4.88. The Balaban J connectivity index is 1.76. The zero-order valence-electron chi connectivity index (χ0n) is 22.1. The average molecular weight is 519 g/mol. The van der Waals surface area contributed by atoms with E-state index in [1.54, 1.807) is 17.0 Å². The summed E-state index contributed by atoms with van der Waals surface area (Å²) in [6.07, 6.45) is 1.43. The van der Waals surface area contributed by atoms with Gasteiger partial charge in [-0.15, -0.1) is 0 Å². The molecule has 1 unspecified atom stereocenters. The average Bonchev–Trinajstić information content (AvgIpc) is 2.87. The summed E-state index contributed by atoms with van der Waals surface area (Å²) in [5.74, 6) is -2.39. The quantitative estimate of drug-likeness (QED) is 0.469. The molecule has 0 aliphatic carbocycles. The van der Waals surface area contributed by atoms with Gasteiger partial charge in [0.1, 0.15) is 23.5 Å². The number of halogens is 3. The van der Waals surface area contributed by atoms with Crippen LogP contribution in [0.3, 0.4) is 0 Å². The van der Waals surface area contributed by atoms with Crippen molar-refractivity contribution in [3.8, 4) is 0 Å². The van der Waals surface area contributed by atoms with Crippen LogP contribution in [0.1, 0.15) is 52.1 Å². The number of hydrogen-bond acceptors (Lipinski definition) is 4. The third-order valence-electron chi connectivity index (χ3n) is 7.16. The summed E-state index contributed by atoms with van der Waals surface area (Å²) >= 11 is 0. The number of anilines is 2. The molecule has 0 bridgehead atoms. The molecule has 1 N–H and O–H groups in total. The monoisotopic (exact) mass is 518 g/mol. The maximum atomic E-state index is 15.0. The van der Waals surface area contributed by atoms with Gasteiger partial charge in [0.15, 0.2) is 0 Å². The van der Waals surface area contributed by atoms with Crippen LogP contribution in [0.4, 0.5) is 24.5 Å². The Morgan fingerprint density at radius 2 is 1.54 bits per heavy atom. The molecule has 1 fully saturated rings. The number of carbonyl (C=O) groups is 2. The molecule has 2 amide bonds. The number of nitrogens with one attached hydrogen (secondary N) is 1. The summed E-state index contributed by atoms with van der Waals surface area (Å²) in [6.45, 7) is 10.2. The molecular formula is C28H37F3N4O2. The summed E-state index contributed by atoms with van der Waals surface area (Å²) < 4.78 is 43.4. The van der Waals surface area contributed by atoms with Crippen LogP contribution in [0, 0.1) is 23.4 Å². The maximum absolute atomic E-state index is 15.0. The Hall–Kier alpha value is -3.07. The molecule has 202 valence electrons. The lowest BCUT2D eigenvalue weighted by atomic mass is 10.0. The molecule has 0 aromatic heterocycles. The molecule has 1 heterocycles. The van der Waals surface area contributed by atoms with Gasteiger partial charge in [-0.2, -0.15) is 0 Å². The van der Waals surface area contributed by atoms with Crippen LogP contribution in [0.15, 0.2) is 36.4 Å². The summed E-state index contributed by atoms with van der Waals surface area (Å²) in [5.41, 5.74) is 0.948. The number of benzene rings is 2. The van der Waals surface area contributed by atoms with Crippen molar-refractivity contribution in [2.24, 2.45) is 5.92 Å². The first-order valence-electron chi connectivity index (χ1n) is 13.1. The molecule has 37 heavy (non-hydrogen) atoms. The molecule has 3 rings (SSSR count). The van der Waals surface area contributed by atoms with Crippen molar-refractivity contribution >= 4 is 23.2 Å². The van der Waals surface area contributed by atoms with Crippen LogP contribution in [0.2, 0.25) is 0 Å². The van der Waals surface area contributed by atoms with E-state index in [1.807, 2.05) is 37.5 Å².